The second-order valence-corrected chi connectivity index (χ2v) is 5.27. The predicted molar refractivity (Wildman–Crippen MR) is 68.4 cm³/mol. The summed E-state index contributed by atoms with van der Waals surface area (Å²) >= 11 is 0. The molecule has 0 aliphatic rings. The zero-order chi connectivity index (χ0) is 14.8. The van der Waals surface area contributed by atoms with Crippen LogP contribution < -0.4 is 10.6 Å². The summed E-state index contributed by atoms with van der Waals surface area (Å²) in [6, 6.07) is 0. The zero-order valence-corrected chi connectivity index (χ0v) is 11.0. The third-order valence-electron chi connectivity index (χ3n) is 2.22. The van der Waals surface area contributed by atoms with Crippen molar-refractivity contribution in [2.75, 3.05) is 12.3 Å². The van der Waals surface area contributed by atoms with Gasteiger partial charge in [0.25, 0.3) is 0 Å². The Balaban J connectivity index is 2.05. The van der Waals surface area contributed by atoms with E-state index in [0.29, 0.717) is 17.0 Å². The van der Waals surface area contributed by atoms with Gasteiger partial charge in [0.1, 0.15) is 25.4 Å². The largest absolute Gasteiger partial charge is 0.408 e. The van der Waals surface area contributed by atoms with Crippen LogP contribution in [-0.2, 0) is 4.57 Å². The van der Waals surface area contributed by atoms with Crippen LogP contribution >= 0.6 is 7.60 Å². The molecule has 0 saturated carbocycles. The second kappa shape index (κ2) is 5.55. The molecule has 0 aliphatic heterocycles. The SMILES string of the molecule is Nc1ncnc2c1ncn2OCC(O)C=CP(=O)(O)O. The number of nitrogens with two attached hydrogens (primary N) is 1. The van der Waals surface area contributed by atoms with Gasteiger partial charge in [-0.15, -0.1) is 0 Å². The minimum Gasteiger partial charge on any atom is -0.408 e. The third-order valence-corrected chi connectivity index (χ3v) is 2.78. The summed E-state index contributed by atoms with van der Waals surface area (Å²) in [5.41, 5.74) is 6.27. The Labute approximate surface area is 112 Å². The molecule has 1 atom stereocenters. The van der Waals surface area contributed by atoms with Crippen LogP contribution in [0.4, 0.5) is 5.82 Å². The molecular formula is C9H12N5O5P. The summed E-state index contributed by atoms with van der Waals surface area (Å²) in [4.78, 5) is 34.1. The molecule has 0 amide bonds. The third kappa shape index (κ3) is 3.52. The number of nitrogen functional groups attached to an aromatic ring is 1. The van der Waals surface area contributed by atoms with Crippen LogP contribution in [-0.4, -0.2) is 47.3 Å². The van der Waals surface area contributed by atoms with Crippen LogP contribution in [0.25, 0.3) is 11.2 Å². The molecule has 2 aromatic heterocycles. The van der Waals surface area contributed by atoms with Gasteiger partial charge < -0.3 is 25.5 Å². The van der Waals surface area contributed by atoms with Crippen molar-refractivity contribution < 1.29 is 24.3 Å². The Morgan fingerprint density at radius 2 is 2.20 bits per heavy atom. The van der Waals surface area contributed by atoms with Crippen LogP contribution in [0, 0.1) is 0 Å². The van der Waals surface area contributed by atoms with E-state index in [1.165, 1.54) is 17.4 Å². The quantitative estimate of drug-likeness (QED) is 0.502. The highest BCUT2D eigenvalue weighted by Gasteiger charge is 2.11. The van der Waals surface area contributed by atoms with E-state index in [1.54, 1.807) is 0 Å². The normalized spacial score (nSPS) is 13.9. The summed E-state index contributed by atoms with van der Waals surface area (Å²) in [6.45, 7) is -0.244. The van der Waals surface area contributed by atoms with Crippen LogP contribution in [0.1, 0.15) is 0 Å². The highest BCUT2D eigenvalue weighted by molar-refractivity contribution is 7.55. The number of fused-ring (bicyclic) bond motifs is 1. The number of anilines is 1. The van der Waals surface area contributed by atoms with Crippen molar-refractivity contribution in [1.29, 1.82) is 0 Å². The summed E-state index contributed by atoms with van der Waals surface area (Å²) < 4.78 is 11.8. The van der Waals surface area contributed by atoms with Gasteiger partial charge in [-0.05, 0) is 6.08 Å². The summed E-state index contributed by atoms with van der Waals surface area (Å²) in [5.74, 6) is 0.798. The first-order valence-corrected chi connectivity index (χ1v) is 7.04. The fourth-order valence-electron chi connectivity index (χ4n) is 1.35. The topological polar surface area (TPSA) is 157 Å². The van der Waals surface area contributed by atoms with E-state index in [1.807, 2.05) is 0 Å². The van der Waals surface area contributed by atoms with Gasteiger partial charge in [-0.25, -0.2) is 15.0 Å². The molecule has 1 unspecified atom stereocenters. The average molecular weight is 301 g/mol. The maximum Gasteiger partial charge on any atom is 0.348 e. The molecule has 2 aromatic rings. The van der Waals surface area contributed by atoms with E-state index >= 15 is 0 Å². The molecule has 5 N–H and O–H groups in total. The van der Waals surface area contributed by atoms with Crippen LogP contribution in [0.3, 0.4) is 0 Å². The van der Waals surface area contributed by atoms with Gasteiger partial charge in [-0.1, -0.05) is 0 Å². The van der Waals surface area contributed by atoms with Crippen molar-refractivity contribution in [1.82, 2.24) is 19.7 Å². The first-order valence-electron chi connectivity index (χ1n) is 5.36. The molecule has 0 radical (unpaired) electrons. The zero-order valence-electron chi connectivity index (χ0n) is 10.1. The van der Waals surface area contributed by atoms with Gasteiger partial charge >= 0.3 is 7.60 Å². The van der Waals surface area contributed by atoms with E-state index in [0.717, 1.165) is 6.08 Å². The first-order chi connectivity index (χ1) is 9.37. The van der Waals surface area contributed by atoms with Gasteiger partial charge in [-0.3, -0.25) is 4.57 Å². The van der Waals surface area contributed by atoms with Crippen molar-refractivity contribution in [2.45, 2.75) is 6.10 Å². The highest BCUT2D eigenvalue weighted by Crippen LogP contribution is 2.35. The van der Waals surface area contributed by atoms with Crippen molar-refractivity contribution >= 4 is 24.6 Å². The van der Waals surface area contributed by atoms with Crippen LogP contribution in [0.15, 0.2) is 24.5 Å². The molecule has 0 spiro atoms. The molecule has 11 heteroatoms. The minimum absolute atomic E-state index is 0.194. The Bertz CT molecular complexity index is 680. The molecule has 0 aliphatic carbocycles. The van der Waals surface area contributed by atoms with E-state index in [2.05, 4.69) is 15.0 Å². The van der Waals surface area contributed by atoms with E-state index in [-0.39, 0.29) is 12.4 Å². The Hall–Kier alpha value is -2.00. The molecule has 2 rings (SSSR count). The number of rotatable bonds is 5. The van der Waals surface area contributed by atoms with Crippen LogP contribution in [0.2, 0.25) is 0 Å². The Morgan fingerprint density at radius 1 is 1.45 bits per heavy atom. The van der Waals surface area contributed by atoms with Gasteiger partial charge in [0.05, 0.1) is 0 Å². The van der Waals surface area contributed by atoms with Crippen LogP contribution in [0.5, 0.6) is 0 Å². The number of nitrogens with zero attached hydrogens (tertiary/aromatic N) is 4. The molecular weight excluding hydrogens is 289 g/mol. The lowest BCUT2D eigenvalue weighted by Crippen LogP contribution is -2.22. The molecule has 0 bridgehead atoms. The van der Waals surface area contributed by atoms with Crippen molar-refractivity contribution in [3.8, 4) is 0 Å². The van der Waals surface area contributed by atoms with E-state index in [9.17, 15) is 9.67 Å². The molecule has 2 heterocycles. The van der Waals surface area contributed by atoms with Gasteiger partial charge in [0.2, 0.25) is 5.65 Å². The van der Waals surface area contributed by atoms with Gasteiger partial charge in [0, 0.05) is 5.82 Å². The smallest absolute Gasteiger partial charge is 0.348 e. The lowest BCUT2D eigenvalue weighted by molar-refractivity contribution is 0.0516. The minimum atomic E-state index is -4.30. The number of aliphatic hydroxyl groups excluding tert-OH is 1. The molecule has 0 aromatic carbocycles. The summed E-state index contributed by atoms with van der Waals surface area (Å²) in [5, 5.41) is 9.49. The Morgan fingerprint density at radius 3 is 2.90 bits per heavy atom. The lowest BCUT2D eigenvalue weighted by Gasteiger charge is -2.09. The lowest BCUT2D eigenvalue weighted by atomic mass is 10.4. The van der Waals surface area contributed by atoms with Gasteiger partial charge in [-0.2, -0.15) is 4.73 Å². The number of hydrogen-bond donors (Lipinski definition) is 4. The van der Waals surface area contributed by atoms with Crippen molar-refractivity contribution in [3.63, 3.8) is 0 Å². The molecule has 0 fully saturated rings. The second-order valence-electron chi connectivity index (χ2n) is 3.80. The van der Waals surface area contributed by atoms with Gasteiger partial charge in [0.15, 0.2) is 11.3 Å². The number of imidazole rings is 1. The number of hydrogen-bond acceptors (Lipinski definition) is 7. The summed E-state index contributed by atoms with van der Waals surface area (Å²) in [6.07, 6.45) is 2.29. The number of aliphatic hydroxyl groups is 1. The van der Waals surface area contributed by atoms with Crippen molar-refractivity contribution in [3.05, 3.63) is 24.5 Å². The Kier molecular flexibility index (Phi) is 4.00. The molecule has 10 nitrogen and oxygen atoms in total. The number of aromatic nitrogens is 4. The highest BCUT2D eigenvalue weighted by atomic mass is 31.2. The molecule has 108 valence electrons. The molecule has 20 heavy (non-hydrogen) atoms. The molecule has 0 saturated heterocycles. The average Bonchev–Trinajstić information content (AvgIpc) is 2.78. The fraction of sp³-hybridized carbons (Fsp3) is 0.222. The fourth-order valence-corrected chi connectivity index (χ4v) is 1.77. The van der Waals surface area contributed by atoms with E-state index < -0.39 is 13.7 Å². The first kappa shape index (κ1) is 14.4. The summed E-state index contributed by atoms with van der Waals surface area (Å²) in [7, 11) is -4.30. The van der Waals surface area contributed by atoms with Crippen molar-refractivity contribution in [2.24, 2.45) is 0 Å². The standard InChI is InChI=1S/C9H12N5O5P/c10-8-7-9(12-4-11-8)14(5-13-7)19-3-6(15)1-2-20(16,17)18/h1-2,4-6,15H,3H2,(H2,10,11,12)(H2,16,17,18). The maximum atomic E-state index is 10.6. The predicted octanol–water partition coefficient (Wildman–Crippen LogP) is -1.11. The van der Waals surface area contributed by atoms with E-state index in [4.69, 9.17) is 20.4 Å². The monoisotopic (exact) mass is 301 g/mol. The maximum absolute atomic E-state index is 10.6.